The number of nitrogens with one attached hydrogen (secondary N) is 1. The van der Waals surface area contributed by atoms with E-state index in [1.54, 1.807) is 29.4 Å². The summed E-state index contributed by atoms with van der Waals surface area (Å²) in [5.74, 6) is 0.723. The first kappa shape index (κ1) is 16.9. The SMILES string of the molecule is Cc1cc2c(SCCC(=O)Nc3cccc(C)c3C)ncnc2s1. The van der Waals surface area contributed by atoms with E-state index in [1.165, 1.54) is 10.4 Å². The second kappa shape index (κ2) is 7.32. The summed E-state index contributed by atoms with van der Waals surface area (Å²) in [7, 11) is 0. The normalized spacial score (nSPS) is 11.0. The molecule has 1 N–H and O–H groups in total. The van der Waals surface area contributed by atoms with Gasteiger partial charge in [0.05, 0.1) is 0 Å². The number of rotatable bonds is 5. The minimum atomic E-state index is 0.0306. The monoisotopic (exact) mass is 357 g/mol. The van der Waals surface area contributed by atoms with Gasteiger partial charge in [0.15, 0.2) is 0 Å². The van der Waals surface area contributed by atoms with Gasteiger partial charge in [-0.25, -0.2) is 9.97 Å². The third-order valence-electron chi connectivity index (χ3n) is 3.86. The van der Waals surface area contributed by atoms with Gasteiger partial charge in [-0.05, 0) is 44.0 Å². The summed E-state index contributed by atoms with van der Waals surface area (Å²) in [5, 5.41) is 5.03. The Morgan fingerprint density at radius 3 is 2.92 bits per heavy atom. The van der Waals surface area contributed by atoms with Crippen molar-refractivity contribution in [2.45, 2.75) is 32.2 Å². The zero-order valence-corrected chi connectivity index (χ0v) is 15.6. The summed E-state index contributed by atoms with van der Waals surface area (Å²) in [6.07, 6.45) is 2.05. The van der Waals surface area contributed by atoms with Crippen molar-refractivity contribution >= 4 is 44.9 Å². The molecule has 0 unspecified atom stereocenters. The third-order valence-corrected chi connectivity index (χ3v) is 5.83. The molecule has 1 aromatic carbocycles. The highest BCUT2D eigenvalue weighted by Crippen LogP contribution is 2.30. The molecule has 2 aromatic heterocycles. The van der Waals surface area contributed by atoms with Crippen LogP contribution in [0.1, 0.15) is 22.4 Å². The topological polar surface area (TPSA) is 54.9 Å². The summed E-state index contributed by atoms with van der Waals surface area (Å²) in [6, 6.07) is 8.06. The number of carbonyl (C=O) groups excluding carboxylic acids is 1. The first-order valence-electron chi connectivity index (χ1n) is 7.74. The number of hydrogen-bond acceptors (Lipinski definition) is 5. The molecular weight excluding hydrogens is 338 g/mol. The Bertz CT molecular complexity index is 889. The Balaban J connectivity index is 1.59. The lowest BCUT2D eigenvalue weighted by atomic mass is 10.1. The predicted octanol–water partition coefficient (Wildman–Crippen LogP) is 4.74. The summed E-state index contributed by atoms with van der Waals surface area (Å²) < 4.78 is 0. The van der Waals surface area contributed by atoms with Crippen LogP contribution in [0.2, 0.25) is 0 Å². The maximum atomic E-state index is 12.2. The van der Waals surface area contributed by atoms with Gasteiger partial charge in [0.2, 0.25) is 5.91 Å². The lowest BCUT2D eigenvalue weighted by Gasteiger charge is -2.10. The van der Waals surface area contributed by atoms with Gasteiger partial charge in [-0.1, -0.05) is 12.1 Å². The molecule has 124 valence electrons. The van der Waals surface area contributed by atoms with Gasteiger partial charge in [-0.2, -0.15) is 0 Å². The Hall–Kier alpha value is -1.92. The van der Waals surface area contributed by atoms with Crippen LogP contribution >= 0.6 is 23.1 Å². The van der Waals surface area contributed by atoms with Crippen LogP contribution in [0.3, 0.4) is 0 Å². The molecule has 6 heteroatoms. The molecule has 0 atom stereocenters. The maximum Gasteiger partial charge on any atom is 0.225 e. The van der Waals surface area contributed by atoms with E-state index < -0.39 is 0 Å². The van der Waals surface area contributed by atoms with Crippen LogP contribution < -0.4 is 5.32 Å². The number of benzene rings is 1. The minimum Gasteiger partial charge on any atom is -0.326 e. The van der Waals surface area contributed by atoms with E-state index in [9.17, 15) is 4.79 Å². The molecule has 2 heterocycles. The first-order valence-corrected chi connectivity index (χ1v) is 9.55. The van der Waals surface area contributed by atoms with Crippen molar-refractivity contribution in [1.29, 1.82) is 0 Å². The standard InChI is InChI=1S/C18H19N3OS2/c1-11-5-4-6-15(13(11)3)21-16(22)7-8-23-17-14-9-12(2)24-18(14)20-10-19-17/h4-6,9-10H,7-8H2,1-3H3,(H,21,22). The number of aromatic nitrogens is 2. The van der Waals surface area contributed by atoms with Crippen molar-refractivity contribution in [3.05, 3.63) is 46.6 Å². The molecule has 0 fully saturated rings. The summed E-state index contributed by atoms with van der Waals surface area (Å²) >= 11 is 3.27. The molecule has 0 aliphatic carbocycles. The molecule has 0 aliphatic rings. The van der Waals surface area contributed by atoms with Crippen molar-refractivity contribution in [1.82, 2.24) is 9.97 Å². The number of thiophene rings is 1. The molecular formula is C18H19N3OS2. The summed E-state index contributed by atoms with van der Waals surface area (Å²) in [4.78, 5) is 23.1. The first-order chi connectivity index (χ1) is 11.5. The second-order valence-corrected chi connectivity index (χ2v) is 7.97. The van der Waals surface area contributed by atoms with Crippen LogP contribution in [0.4, 0.5) is 5.69 Å². The molecule has 3 aromatic rings. The highest BCUT2D eigenvalue weighted by molar-refractivity contribution is 7.99. The van der Waals surface area contributed by atoms with E-state index in [1.807, 2.05) is 32.0 Å². The largest absolute Gasteiger partial charge is 0.326 e. The fourth-order valence-corrected chi connectivity index (χ4v) is 4.23. The van der Waals surface area contributed by atoms with E-state index in [-0.39, 0.29) is 5.91 Å². The smallest absolute Gasteiger partial charge is 0.225 e. The zero-order valence-electron chi connectivity index (χ0n) is 13.9. The van der Waals surface area contributed by atoms with Gasteiger partial charge >= 0.3 is 0 Å². The molecule has 0 saturated carbocycles. The Kier molecular flexibility index (Phi) is 5.16. The van der Waals surface area contributed by atoms with Crippen molar-refractivity contribution in [2.24, 2.45) is 0 Å². The van der Waals surface area contributed by atoms with Crippen LogP contribution in [-0.2, 0) is 4.79 Å². The van der Waals surface area contributed by atoms with Crippen molar-refractivity contribution in [3.8, 4) is 0 Å². The molecule has 4 nitrogen and oxygen atoms in total. The van der Waals surface area contributed by atoms with Gasteiger partial charge in [0, 0.05) is 28.1 Å². The van der Waals surface area contributed by atoms with Crippen LogP contribution in [0.25, 0.3) is 10.2 Å². The van der Waals surface area contributed by atoms with Crippen molar-refractivity contribution in [3.63, 3.8) is 0 Å². The average molecular weight is 358 g/mol. The predicted molar refractivity (Wildman–Crippen MR) is 102 cm³/mol. The van der Waals surface area contributed by atoms with Crippen LogP contribution in [0.15, 0.2) is 35.6 Å². The average Bonchev–Trinajstić information content (AvgIpc) is 2.93. The number of aryl methyl sites for hydroxylation is 2. The van der Waals surface area contributed by atoms with Gasteiger partial charge in [-0.3, -0.25) is 4.79 Å². The quantitative estimate of drug-likeness (QED) is 0.529. The molecule has 0 bridgehead atoms. The van der Waals surface area contributed by atoms with Crippen LogP contribution in [-0.4, -0.2) is 21.6 Å². The summed E-state index contributed by atoms with van der Waals surface area (Å²) in [6.45, 7) is 6.14. The van der Waals surface area contributed by atoms with E-state index in [0.717, 1.165) is 26.5 Å². The molecule has 0 saturated heterocycles. The highest BCUT2D eigenvalue weighted by atomic mass is 32.2. The van der Waals surface area contributed by atoms with E-state index in [0.29, 0.717) is 12.2 Å². The molecule has 0 spiro atoms. The van der Waals surface area contributed by atoms with Gasteiger partial charge in [0.25, 0.3) is 0 Å². The van der Waals surface area contributed by atoms with E-state index in [2.05, 4.69) is 28.3 Å². The highest BCUT2D eigenvalue weighted by Gasteiger charge is 2.10. The second-order valence-electron chi connectivity index (χ2n) is 5.65. The maximum absolute atomic E-state index is 12.2. The van der Waals surface area contributed by atoms with Gasteiger partial charge in [0.1, 0.15) is 16.2 Å². The van der Waals surface area contributed by atoms with E-state index >= 15 is 0 Å². The minimum absolute atomic E-state index is 0.0306. The molecule has 0 aliphatic heterocycles. The lowest BCUT2D eigenvalue weighted by molar-refractivity contribution is -0.115. The molecule has 0 radical (unpaired) electrons. The fraction of sp³-hybridized carbons (Fsp3) is 0.278. The number of fused-ring (bicyclic) bond motifs is 1. The summed E-state index contributed by atoms with van der Waals surface area (Å²) in [5.41, 5.74) is 3.19. The third kappa shape index (κ3) is 3.76. The number of anilines is 1. The number of amides is 1. The van der Waals surface area contributed by atoms with Crippen LogP contribution in [0, 0.1) is 20.8 Å². The van der Waals surface area contributed by atoms with Gasteiger partial charge < -0.3 is 5.32 Å². The Labute approximate surface area is 149 Å². The Morgan fingerprint density at radius 2 is 2.08 bits per heavy atom. The molecule has 3 rings (SSSR count). The van der Waals surface area contributed by atoms with Crippen molar-refractivity contribution in [2.75, 3.05) is 11.1 Å². The molecule has 1 amide bonds. The zero-order chi connectivity index (χ0) is 17.1. The number of thioether (sulfide) groups is 1. The van der Waals surface area contributed by atoms with Crippen molar-refractivity contribution < 1.29 is 4.79 Å². The number of carbonyl (C=O) groups is 1. The van der Waals surface area contributed by atoms with E-state index in [4.69, 9.17) is 0 Å². The number of nitrogens with zero attached hydrogens (tertiary/aromatic N) is 2. The fourth-order valence-electron chi connectivity index (χ4n) is 2.41. The molecule has 24 heavy (non-hydrogen) atoms. The lowest BCUT2D eigenvalue weighted by Crippen LogP contribution is -2.13. The number of hydrogen-bond donors (Lipinski definition) is 1. The van der Waals surface area contributed by atoms with Crippen LogP contribution in [0.5, 0.6) is 0 Å². The Morgan fingerprint density at radius 1 is 1.25 bits per heavy atom. The van der Waals surface area contributed by atoms with Gasteiger partial charge in [-0.15, -0.1) is 23.1 Å².